The molecule has 2 heteroatoms. The standard InChI is InChI=1S/C13H19NO/c1-2-14-9-5-6-11-10-15-13-8-4-3-7-12(11)13/h3-4,7-8,11,14H,2,5-6,9-10H2,1H3. The van der Waals surface area contributed by atoms with E-state index < -0.39 is 0 Å². The number of ether oxygens (including phenoxy) is 1. The van der Waals surface area contributed by atoms with E-state index in [1.807, 2.05) is 6.07 Å². The van der Waals surface area contributed by atoms with Gasteiger partial charge in [-0.25, -0.2) is 0 Å². The molecule has 0 bridgehead atoms. The summed E-state index contributed by atoms with van der Waals surface area (Å²) in [4.78, 5) is 0. The molecule has 1 aliphatic heterocycles. The number of benzene rings is 1. The third-order valence-electron chi connectivity index (χ3n) is 2.95. The molecular weight excluding hydrogens is 186 g/mol. The molecule has 0 aliphatic carbocycles. The molecule has 0 amide bonds. The van der Waals surface area contributed by atoms with Gasteiger partial charge in [-0.05, 0) is 32.0 Å². The number of hydrogen-bond acceptors (Lipinski definition) is 2. The van der Waals surface area contributed by atoms with Crippen LogP contribution in [0.4, 0.5) is 0 Å². The first kappa shape index (κ1) is 10.5. The Balaban J connectivity index is 1.85. The van der Waals surface area contributed by atoms with Crippen molar-refractivity contribution in [1.82, 2.24) is 5.32 Å². The molecule has 0 fully saturated rings. The van der Waals surface area contributed by atoms with E-state index in [0.717, 1.165) is 25.4 Å². The molecule has 1 aromatic carbocycles. The number of fused-ring (bicyclic) bond motifs is 1. The van der Waals surface area contributed by atoms with E-state index in [0.29, 0.717) is 5.92 Å². The van der Waals surface area contributed by atoms with E-state index in [2.05, 4.69) is 30.4 Å². The zero-order valence-corrected chi connectivity index (χ0v) is 9.33. The maximum Gasteiger partial charge on any atom is 0.122 e. The SMILES string of the molecule is CCNCCCC1COc2ccccc21. The fourth-order valence-electron chi connectivity index (χ4n) is 2.12. The number of rotatable bonds is 5. The van der Waals surface area contributed by atoms with Crippen molar-refractivity contribution in [3.8, 4) is 5.75 Å². The average Bonchev–Trinajstić information content (AvgIpc) is 2.68. The second-order valence-electron chi connectivity index (χ2n) is 4.04. The molecule has 0 radical (unpaired) electrons. The number of para-hydroxylation sites is 1. The largest absolute Gasteiger partial charge is 0.493 e. The summed E-state index contributed by atoms with van der Waals surface area (Å²) >= 11 is 0. The zero-order valence-electron chi connectivity index (χ0n) is 9.33. The summed E-state index contributed by atoms with van der Waals surface area (Å²) in [5, 5.41) is 3.36. The summed E-state index contributed by atoms with van der Waals surface area (Å²) in [7, 11) is 0. The van der Waals surface area contributed by atoms with E-state index in [9.17, 15) is 0 Å². The highest BCUT2D eigenvalue weighted by Gasteiger charge is 2.22. The van der Waals surface area contributed by atoms with Crippen LogP contribution in [0.25, 0.3) is 0 Å². The topological polar surface area (TPSA) is 21.3 Å². The van der Waals surface area contributed by atoms with E-state index in [1.54, 1.807) is 0 Å². The van der Waals surface area contributed by atoms with Gasteiger partial charge in [0.1, 0.15) is 5.75 Å². The first-order valence-electron chi connectivity index (χ1n) is 5.84. The third kappa shape index (κ3) is 2.51. The van der Waals surface area contributed by atoms with Crippen LogP contribution in [-0.4, -0.2) is 19.7 Å². The van der Waals surface area contributed by atoms with Gasteiger partial charge in [0.2, 0.25) is 0 Å². The highest BCUT2D eigenvalue weighted by molar-refractivity contribution is 5.39. The molecular formula is C13H19NO. The van der Waals surface area contributed by atoms with Gasteiger partial charge in [-0.15, -0.1) is 0 Å². The molecule has 1 unspecified atom stereocenters. The zero-order chi connectivity index (χ0) is 10.5. The van der Waals surface area contributed by atoms with E-state index in [4.69, 9.17) is 4.74 Å². The van der Waals surface area contributed by atoms with Crippen LogP contribution in [0.3, 0.4) is 0 Å². The van der Waals surface area contributed by atoms with Crippen molar-refractivity contribution in [2.75, 3.05) is 19.7 Å². The minimum absolute atomic E-state index is 0.611. The van der Waals surface area contributed by atoms with E-state index in [1.165, 1.54) is 18.4 Å². The molecule has 1 aliphatic rings. The van der Waals surface area contributed by atoms with Crippen LogP contribution in [-0.2, 0) is 0 Å². The van der Waals surface area contributed by atoms with Gasteiger partial charge < -0.3 is 10.1 Å². The Bertz CT molecular complexity index is 311. The smallest absolute Gasteiger partial charge is 0.122 e. The molecule has 15 heavy (non-hydrogen) atoms. The third-order valence-corrected chi connectivity index (χ3v) is 2.95. The summed E-state index contributed by atoms with van der Waals surface area (Å²) in [5.74, 6) is 1.70. The molecule has 2 nitrogen and oxygen atoms in total. The summed E-state index contributed by atoms with van der Waals surface area (Å²) in [6, 6.07) is 8.41. The minimum Gasteiger partial charge on any atom is -0.493 e. The molecule has 0 saturated carbocycles. The van der Waals surface area contributed by atoms with Gasteiger partial charge in [-0.2, -0.15) is 0 Å². The molecule has 0 aromatic heterocycles. The quantitative estimate of drug-likeness (QED) is 0.746. The van der Waals surface area contributed by atoms with Crippen LogP contribution >= 0.6 is 0 Å². The number of hydrogen-bond donors (Lipinski definition) is 1. The fourth-order valence-corrected chi connectivity index (χ4v) is 2.12. The predicted molar refractivity (Wildman–Crippen MR) is 62.5 cm³/mol. The molecule has 0 saturated heterocycles. The van der Waals surface area contributed by atoms with Crippen LogP contribution in [0.15, 0.2) is 24.3 Å². The first-order valence-corrected chi connectivity index (χ1v) is 5.84. The predicted octanol–water partition coefficient (Wildman–Crippen LogP) is 2.55. The summed E-state index contributed by atoms with van der Waals surface area (Å²) in [6.45, 7) is 5.20. The van der Waals surface area contributed by atoms with Gasteiger partial charge in [0, 0.05) is 11.5 Å². The molecule has 1 N–H and O–H groups in total. The molecule has 82 valence electrons. The van der Waals surface area contributed by atoms with Crippen LogP contribution < -0.4 is 10.1 Å². The second kappa shape index (κ2) is 5.17. The van der Waals surface area contributed by atoms with Gasteiger partial charge in [0.25, 0.3) is 0 Å². The minimum atomic E-state index is 0.611. The maximum absolute atomic E-state index is 5.65. The highest BCUT2D eigenvalue weighted by Crippen LogP contribution is 2.35. The molecule has 1 atom stereocenters. The second-order valence-corrected chi connectivity index (χ2v) is 4.04. The fraction of sp³-hybridized carbons (Fsp3) is 0.538. The Morgan fingerprint density at radius 2 is 2.27 bits per heavy atom. The average molecular weight is 205 g/mol. The molecule has 2 rings (SSSR count). The van der Waals surface area contributed by atoms with Crippen molar-refractivity contribution in [3.05, 3.63) is 29.8 Å². The lowest BCUT2D eigenvalue weighted by atomic mass is 9.96. The van der Waals surface area contributed by atoms with Gasteiger partial charge in [0.05, 0.1) is 6.61 Å². The van der Waals surface area contributed by atoms with Crippen LogP contribution in [0.2, 0.25) is 0 Å². The van der Waals surface area contributed by atoms with Crippen LogP contribution in [0.1, 0.15) is 31.2 Å². The molecule has 0 spiro atoms. The van der Waals surface area contributed by atoms with Gasteiger partial charge in [0.15, 0.2) is 0 Å². The summed E-state index contributed by atoms with van der Waals surface area (Å²) in [6.07, 6.45) is 2.46. The normalized spacial score (nSPS) is 18.6. The van der Waals surface area contributed by atoms with Crippen LogP contribution in [0.5, 0.6) is 5.75 Å². The van der Waals surface area contributed by atoms with Gasteiger partial charge >= 0.3 is 0 Å². The summed E-state index contributed by atoms with van der Waals surface area (Å²) < 4.78 is 5.65. The van der Waals surface area contributed by atoms with Crippen molar-refractivity contribution in [2.45, 2.75) is 25.7 Å². The lowest BCUT2D eigenvalue weighted by Crippen LogP contribution is -2.15. The van der Waals surface area contributed by atoms with E-state index in [-0.39, 0.29) is 0 Å². The lowest BCUT2D eigenvalue weighted by Gasteiger charge is -2.08. The Labute approximate surface area is 91.6 Å². The Morgan fingerprint density at radius 3 is 3.13 bits per heavy atom. The highest BCUT2D eigenvalue weighted by atomic mass is 16.5. The monoisotopic (exact) mass is 205 g/mol. The Kier molecular flexibility index (Phi) is 3.62. The van der Waals surface area contributed by atoms with Gasteiger partial charge in [-0.1, -0.05) is 25.1 Å². The Hall–Kier alpha value is -1.02. The van der Waals surface area contributed by atoms with E-state index >= 15 is 0 Å². The molecule has 1 heterocycles. The van der Waals surface area contributed by atoms with Crippen molar-refractivity contribution in [1.29, 1.82) is 0 Å². The first-order chi connectivity index (χ1) is 7.42. The Morgan fingerprint density at radius 1 is 1.40 bits per heavy atom. The lowest BCUT2D eigenvalue weighted by molar-refractivity contribution is 0.323. The van der Waals surface area contributed by atoms with Crippen LogP contribution in [0, 0.1) is 0 Å². The van der Waals surface area contributed by atoms with Gasteiger partial charge in [-0.3, -0.25) is 0 Å². The van der Waals surface area contributed by atoms with Crippen molar-refractivity contribution < 1.29 is 4.74 Å². The summed E-state index contributed by atoms with van der Waals surface area (Å²) in [5.41, 5.74) is 1.40. The molecule has 1 aromatic rings. The van der Waals surface area contributed by atoms with Crippen molar-refractivity contribution >= 4 is 0 Å². The van der Waals surface area contributed by atoms with Crippen molar-refractivity contribution in [3.63, 3.8) is 0 Å². The number of nitrogens with one attached hydrogen (secondary N) is 1. The maximum atomic E-state index is 5.65. The van der Waals surface area contributed by atoms with Crippen molar-refractivity contribution in [2.24, 2.45) is 0 Å².